The summed E-state index contributed by atoms with van der Waals surface area (Å²) in [5.74, 6) is -0.000962. The summed E-state index contributed by atoms with van der Waals surface area (Å²) in [7, 11) is 0. The van der Waals surface area contributed by atoms with Gasteiger partial charge >= 0.3 is 0 Å². The first-order valence-electron chi connectivity index (χ1n) is 8.66. The van der Waals surface area contributed by atoms with E-state index in [-0.39, 0.29) is 11.8 Å². The Morgan fingerprint density at radius 3 is 2.48 bits per heavy atom. The fraction of sp³-hybridized carbons (Fsp3) is 0.579. The van der Waals surface area contributed by atoms with Crippen LogP contribution < -0.4 is 5.32 Å². The van der Waals surface area contributed by atoms with Crippen LogP contribution in [-0.4, -0.2) is 29.3 Å². The van der Waals surface area contributed by atoms with Crippen LogP contribution >= 0.6 is 0 Å². The minimum atomic E-state index is -0.402. The second-order valence-electron chi connectivity index (χ2n) is 5.98. The average molecular weight is 318 g/mol. The summed E-state index contributed by atoms with van der Waals surface area (Å²) in [6, 6.07) is 7.71. The van der Waals surface area contributed by atoms with Crippen LogP contribution in [0, 0.1) is 6.92 Å². The Labute approximate surface area is 140 Å². The molecule has 0 bridgehead atoms. The van der Waals surface area contributed by atoms with E-state index >= 15 is 0 Å². The molecule has 0 saturated heterocycles. The molecule has 23 heavy (non-hydrogen) atoms. The van der Waals surface area contributed by atoms with Crippen molar-refractivity contribution in [1.29, 1.82) is 0 Å². The zero-order chi connectivity index (χ0) is 17.2. The van der Waals surface area contributed by atoms with Crippen molar-refractivity contribution in [1.82, 2.24) is 10.2 Å². The highest BCUT2D eigenvalue weighted by Gasteiger charge is 2.27. The molecule has 4 nitrogen and oxygen atoms in total. The second-order valence-corrected chi connectivity index (χ2v) is 5.98. The number of rotatable bonds is 9. The SMILES string of the molecule is CCCNC(=O)[C@H](CC)N(Cc1cccc(C)c1)C(=O)CCC. The Hall–Kier alpha value is -1.84. The number of nitrogens with zero attached hydrogens (tertiary/aromatic N) is 1. The molecule has 1 aromatic rings. The summed E-state index contributed by atoms with van der Waals surface area (Å²) < 4.78 is 0. The highest BCUT2D eigenvalue weighted by atomic mass is 16.2. The van der Waals surface area contributed by atoms with Crippen LogP contribution in [0.1, 0.15) is 57.6 Å². The first-order valence-corrected chi connectivity index (χ1v) is 8.66. The van der Waals surface area contributed by atoms with E-state index in [4.69, 9.17) is 0 Å². The van der Waals surface area contributed by atoms with Gasteiger partial charge < -0.3 is 10.2 Å². The van der Waals surface area contributed by atoms with Crippen molar-refractivity contribution in [2.24, 2.45) is 0 Å². The van der Waals surface area contributed by atoms with Crippen LogP contribution in [0.4, 0.5) is 0 Å². The van der Waals surface area contributed by atoms with Gasteiger partial charge in [0.25, 0.3) is 0 Å². The number of benzene rings is 1. The predicted molar refractivity (Wildman–Crippen MR) is 94.0 cm³/mol. The molecule has 4 heteroatoms. The molecule has 1 atom stereocenters. The van der Waals surface area contributed by atoms with Gasteiger partial charge in [0.15, 0.2) is 0 Å². The van der Waals surface area contributed by atoms with Gasteiger partial charge in [-0.15, -0.1) is 0 Å². The average Bonchev–Trinajstić information content (AvgIpc) is 2.53. The Kier molecular flexibility index (Phi) is 8.38. The number of carbonyl (C=O) groups is 2. The molecule has 0 spiro atoms. The number of amides is 2. The highest BCUT2D eigenvalue weighted by Crippen LogP contribution is 2.15. The smallest absolute Gasteiger partial charge is 0.242 e. The molecular formula is C19H30N2O2. The van der Waals surface area contributed by atoms with Gasteiger partial charge in [0.2, 0.25) is 11.8 Å². The topological polar surface area (TPSA) is 49.4 Å². The number of carbonyl (C=O) groups excluding carboxylic acids is 2. The van der Waals surface area contributed by atoms with Crippen molar-refractivity contribution in [3.63, 3.8) is 0 Å². The molecule has 0 radical (unpaired) electrons. The quantitative estimate of drug-likeness (QED) is 0.758. The normalized spacial score (nSPS) is 11.8. The lowest BCUT2D eigenvalue weighted by atomic mass is 10.1. The molecule has 0 aliphatic rings. The Morgan fingerprint density at radius 1 is 1.17 bits per heavy atom. The summed E-state index contributed by atoms with van der Waals surface area (Å²) in [6.07, 6.45) is 2.78. The van der Waals surface area contributed by atoms with E-state index < -0.39 is 6.04 Å². The van der Waals surface area contributed by atoms with E-state index in [1.165, 1.54) is 0 Å². The van der Waals surface area contributed by atoms with Crippen molar-refractivity contribution < 1.29 is 9.59 Å². The van der Waals surface area contributed by atoms with E-state index in [9.17, 15) is 9.59 Å². The molecule has 1 rings (SSSR count). The minimum absolute atomic E-state index is 0.0486. The van der Waals surface area contributed by atoms with Crippen molar-refractivity contribution in [2.45, 2.75) is 66.0 Å². The van der Waals surface area contributed by atoms with Gasteiger partial charge in [-0.3, -0.25) is 9.59 Å². The van der Waals surface area contributed by atoms with E-state index in [1.807, 2.05) is 45.9 Å². The van der Waals surface area contributed by atoms with E-state index in [2.05, 4.69) is 11.4 Å². The summed E-state index contributed by atoms with van der Waals surface area (Å²) in [5.41, 5.74) is 2.23. The number of hydrogen-bond donors (Lipinski definition) is 1. The lowest BCUT2D eigenvalue weighted by molar-refractivity contribution is -0.141. The van der Waals surface area contributed by atoms with Gasteiger partial charge in [0.1, 0.15) is 6.04 Å². The van der Waals surface area contributed by atoms with Gasteiger partial charge in [-0.2, -0.15) is 0 Å². The molecule has 0 saturated carbocycles. The van der Waals surface area contributed by atoms with Gasteiger partial charge in [0.05, 0.1) is 0 Å². The van der Waals surface area contributed by atoms with Crippen molar-refractivity contribution in [2.75, 3.05) is 6.54 Å². The molecule has 0 aliphatic carbocycles. The van der Waals surface area contributed by atoms with Crippen LogP contribution in [0.25, 0.3) is 0 Å². The molecule has 2 amide bonds. The fourth-order valence-electron chi connectivity index (χ4n) is 2.65. The number of aryl methyl sites for hydroxylation is 1. The van der Waals surface area contributed by atoms with E-state index in [0.717, 1.165) is 24.0 Å². The highest BCUT2D eigenvalue weighted by molar-refractivity contribution is 5.87. The molecule has 1 aromatic carbocycles. The Bertz CT molecular complexity index is 514. The van der Waals surface area contributed by atoms with Crippen LogP contribution in [0.5, 0.6) is 0 Å². The maximum Gasteiger partial charge on any atom is 0.242 e. The zero-order valence-corrected chi connectivity index (χ0v) is 14.9. The Morgan fingerprint density at radius 2 is 1.91 bits per heavy atom. The lowest BCUT2D eigenvalue weighted by Crippen LogP contribution is -2.49. The largest absolute Gasteiger partial charge is 0.354 e. The molecular weight excluding hydrogens is 288 g/mol. The van der Waals surface area contributed by atoms with Crippen LogP contribution in [0.15, 0.2) is 24.3 Å². The van der Waals surface area contributed by atoms with Crippen LogP contribution in [0.2, 0.25) is 0 Å². The Balaban J connectivity index is 2.97. The summed E-state index contributed by atoms with van der Waals surface area (Å²) in [6.45, 7) is 9.13. The third-order valence-corrected chi connectivity index (χ3v) is 3.83. The zero-order valence-electron chi connectivity index (χ0n) is 14.9. The van der Waals surface area contributed by atoms with Crippen LogP contribution in [0.3, 0.4) is 0 Å². The second kappa shape index (κ2) is 10.0. The predicted octanol–water partition coefficient (Wildman–Crippen LogP) is 3.43. The molecule has 1 N–H and O–H groups in total. The standard InChI is InChI=1S/C19H30N2O2/c1-5-9-18(22)21(14-16-11-8-10-15(4)13-16)17(7-3)19(23)20-12-6-2/h8,10-11,13,17H,5-7,9,12,14H2,1-4H3,(H,20,23)/t17-/m0/s1. The third kappa shape index (κ3) is 6.05. The van der Waals surface area contributed by atoms with Crippen molar-refractivity contribution >= 4 is 11.8 Å². The van der Waals surface area contributed by atoms with Crippen molar-refractivity contribution in [3.8, 4) is 0 Å². The molecule has 0 aromatic heterocycles. The molecule has 0 heterocycles. The molecule has 0 fully saturated rings. The van der Waals surface area contributed by atoms with E-state index in [1.54, 1.807) is 4.90 Å². The summed E-state index contributed by atoms with van der Waals surface area (Å²) in [4.78, 5) is 26.7. The van der Waals surface area contributed by atoms with E-state index in [0.29, 0.717) is 25.9 Å². The van der Waals surface area contributed by atoms with Crippen molar-refractivity contribution in [3.05, 3.63) is 35.4 Å². The lowest BCUT2D eigenvalue weighted by Gasteiger charge is -2.30. The minimum Gasteiger partial charge on any atom is -0.354 e. The molecule has 0 unspecified atom stereocenters. The monoisotopic (exact) mass is 318 g/mol. The first kappa shape index (κ1) is 19.2. The first-order chi connectivity index (χ1) is 11.0. The summed E-state index contributed by atoms with van der Waals surface area (Å²) >= 11 is 0. The molecule has 0 aliphatic heterocycles. The summed E-state index contributed by atoms with van der Waals surface area (Å²) in [5, 5.41) is 2.93. The molecule has 128 valence electrons. The van der Waals surface area contributed by atoms with Gasteiger partial charge in [0, 0.05) is 19.5 Å². The third-order valence-electron chi connectivity index (χ3n) is 3.83. The number of nitrogens with one attached hydrogen (secondary N) is 1. The maximum absolute atomic E-state index is 12.6. The fourth-order valence-corrected chi connectivity index (χ4v) is 2.65. The maximum atomic E-state index is 12.6. The van der Waals surface area contributed by atoms with Gasteiger partial charge in [-0.05, 0) is 31.7 Å². The number of hydrogen-bond acceptors (Lipinski definition) is 2. The van der Waals surface area contributed by atoms with Crippen LogP contribution in [-0.2, 0) is 16.1 Å². The van der Waals surface area contributed by atoms with Gasteiger partial charge in [-0.25, -0.2) is 0 Å². The van der Waals surface area contributed by atoms with Gasteiger partial charge in [-0.1, -0.05) is 50.6 Å².